The lowest BCUT2D eigenvalue weighted by Gasteiger charge is -2.17. The van der Waals surface area contributed by atoms with Crippen molar-refractivity contribution in [2.75, 3.05) is 24.7 Å². The summed E-state index contributed by atoms with van der Waals surface area (Å²) in [5.41, 5.74) is 3.49. The van der Waals surface area contributed by atoms with Crippen molar-refractivity contribution < 1.29 is 9.59 Å². The molecule has 0 saturated carbocycles. The Labute approximate surface area is 170 Å². The van der Waals surface area contributed by atoms with E-state index in [9.17, 15) is 9.59 Å². The van der Waals surface area contributed by atoms with Crippen molar-refractivity contribution >= 4 is 29.3 Å². The predicted octanol–water partition coefficient (Wildman–Crippen LogP) is 3.89. The minimum atomic E-state index is -0.140. The quantitative estimate of drug-likeness (QED) is 0.696. The second kappa shape index (κ2) is 9.75. The van der Waals surface area contributed by atoms with Crippen LogP contribution in [-0.2, 0) is 17.9 Å². The Hall–Kier alpha value is -2.31. The Kier molecular flexibility index (Phi) is 7.12. The lowest BCUT2D eigenvalue weighted by Crippen LogP contribution is -2.28. The van der Waals surface area contributed by atoms with Crippen LogP contribution in [0.4, 0.5) is 5.69 Å². The highest BCUT2D eigenvalue weighted by molar-refractivity contribution is 7.98. The maximum atomic E-state index is 12.8. The molecule has 1 aliphatic heterocycles. The Bertz CT molecular complexity index is 830. The molecule has 2 aromatic carbocycles. The molecule has 0 bridgehead atoms. The van der Waals surface area contributed by atoms with Gasteiger partial charge in [-0.15, -0.1) is 11.8 Å². The maximum absolute atomic E-state index is 12.8. The fourth-order valence-corrected chi connectivity index (χ4v) is 3.80. The van der Waals surface area contributed by atoms with Crippen LogP contribution in [-0.4, -0.2) is 36.1 Å². The normalized spacial score (nSPS) is 13.6. The number of benzene rings is 2. The summed E-state index contributed by atoms with van der Waals surface area (Å²) in [4.78, 5) is 27.4. The van der Waals surface area contributed by atoms with Crippen LogP contribution in [0.1, 0.15) is 41.3 Å². The number of nitrogens with one attached hydrogen (secondary N) is 2. The first kappa shape index (κ1) is 20.4. The summed E-state index contributed by atoms with van der Waals surface area (Å²) in [7, 11) is 0. The van der Waals surface area contributed by atoms with E-state index in [1.807, 2.05) is 17.0 Å². The molecular weight excluding hydrogens is 370 g/mol. The van der Waals surface area contributed by atoms with E-state index in [1.54, 1.807) is 17.8 Å². The van der Waals surface area contributed by atoms with Gasteiger partial charge in [0.1, 0.15) is 0 Å². The molecule has 0 aliphatic carbocycles. The third-order valence-corrected chi connectivity index (χ3v) is 5.51. The van der Waals surface area contributed by atoms with Crippen molar-refractivity contribution in [3.63, 3.8) is 0 Å². The lowest BCUT2D eigenvalue weighted by molar-refractivity contribution is -0.114. The van der Waals surface area contributed by atoms with Crippen molar-refractivity contribution in [2.45, 2.75) is 37.8 Å². The van der Waals surface area contributed by atoms with Gasteiger partial charge in [-0.2, -0.15) is 0 Å². The van der Waals surface area contributed by atoms with Gasteiger partial charge in [-0.3, -0.25) is 9.59 Å². The second-order valence-electron chi connectivity index (χ2n) is 7.05. The molecule has 1 aliphatic rings. The topological polar surface area (TPSA) is 61.4 Å². The van der Waals surface area contributed by atoms with Crippen molar-refractivity contribution in [3.8, 4) is 0 Å². The first-order valence-corrected chi connectivity index (χ1v) is 10.8. The molecule has 2 amide bonds. The number of hydrogen-bond donors (Lipinski definition) is 2. The average Bonchev–Trinajstić information content (AvgIpc) is 3.22. The van der Waals surface area contributed by atoms with Gasteiger partial charge in [0.05, 0.1) is 0 Å². The van der Waals surface area contributed by atoms with Crippen LogP contribution in [0.2, 0.25) is 0 Å². The second-order valence-corrected chi connectivity index (χ2v) is 7.93. The number of hydrogen-bond acceptors (Lipinski definition) is 4. The van der Waals surface area contributed by atoms with Crippen LogP contribution in [0, 0.1) is 0 Å². The predicted molar refractivity (Wildman–Crippen MR) is 115 cm³/mol. The Morgan fingerprint density at radius 3 is 2.32 bits per heavy atom. The molecule has 28 heavy (non-hydrogen) atoms. The van der Waals surface area contributed by atoms with Crippen molar-refractivity contribution in [3.05, 3.63) is 59.2 Å². The fourth-order valence-electron chi connectivity index (χ4n) is 3.39. The highest BCUT2D eigenvalue weighted by atomic mass is 32.2. The number of amides is 2. The number of thioether (sulfide) groups is 1. The van der Waals surface area contributed by atoms with E-state index in [4.69, 9.17) is 0 Å². The molecular formula is C22H27N3O2S. The molecule has 0 aromatic heterocycles. The Morgan fingerprint density at radius 2 is 1.68 bits per heavy atom. The van der Waals surface area contributed by atoms with Crippen LogP contribution in [0.25, 0.3) is 0 Å². The summed E-state index contributed by atoms with van der Waals surface area (Å²) < 4.78 is 0. The molecule has 2 aromatic rings. The van der Waals surface area contributed by atoms with Gasteiger partial charge in [0.25, 0.3) is 5.91 Å². The van der Waals surface area contributed by atoms with Gasteiger partial charge in [0.2, 0.25) is 5.91 Å². The monoisotopic (exact) mass is 397 g/mol. The molecule has 1 fully saturated rings. The zero-order valence-corrected chi connectivity index (χ0v) is 17.3. The number of rotatable bonds is 7. The molecule has 2 N–H and O–H groups in total. The lowest BCUT2D eigenvalue weighted by atomic mass is 10.1. The van der Waals surface area contributed by atoms with Crippen LogP contribution < -0.4 is 10.6 Å². The first-order chi connectivity index (χ1) is 13.5. The van der Waals surface area contributed by atoms with E-state index < -0.39 is 0 Å². The fraction of sp³-hybridized carbons (Fsp3) is 0.364. The summed E-state index contributed by atoms with van der Waals surface area (Å²) in [6.45, 7) is 4.46. The van der Waals surface area contributed by atoms with Gasteiger partial charge in [-0.05, 0) is 60.6 Å². The van der Waals surface area contributed by atoms with Gasteiger partial charge in [0.15, 0.2) is 0 Å². The maximum Gasteiger partial charge on any atom is 0.253 e. The van der Waals surface area contributed by atoms with E-state index >= 15 is 0 Å². The minimum Gasteiger partial charge on any atom is -0.339 e. The van der Waals surface area contributed by atoms with Crippen LogP contribution in [0.5, 0.6) is 0 Å². The molecule has 5 nitrogen and oxygen atoms in total. The standard InChI is InChI=1S/C22H27N3O2S/c1-16(26)24-20-12-18(11-19(13-20)22(27)25-9-3-4-10-25)15-23-14-17-5-7-21(28-2)8-6-17/h5-8,11-13,23H,3-4,9-10,14-15H2,1-2H3,(H,24,26). The molecule has 0 unspecified atom stereocenters. The summed E-state index contributed by atoms with van der Waals surface area (Å²) in [5.74, 6) is -0.0998. The van der Waals surface area contributed by atoms with E-state index in [0.29, 0.717) is 17.8 Å². The van der Waals surface area contributed by atoms with E-state index in [2.05, 4.69) is 41.2 Å². The van der Waals surface area contributed by atoms with Gasteiger partial charge >= 0.3 is 0 Å². The van der Waals surface area contributed by atoms with E-state index in [1.165, 1.54) is 17.4 Å². The highest BCUT2D eigenvalue weighted by Gasteiger charge is 2.20. The zero-order chi connectivity index (χ0) is 19.9. The first-order valence-electron chi connectivity index (χ1n) is 9.59. The summed E-state index contributed by atoms with van der Waals surface area (Å²) in [6, 6.07) is 14.1. The van der Waals surface area contributed by atoms with Crippen LogP contribution in [0.15, 0.2) is 47.4 Å². The highest BCUT2D eigenvalue weighted by Crippen LogP contribution is 2.20. The molecule has 1 heterocycles. The zero-order valence-electron chi connectivity index (χ0n) is 16.5. The Balaban J connectivity index is 1.69. The van der Waals surface area contributed by atoms with Crippen molar-refractivity contribution in [2.24, 2.45) is 0 Å². The largest absolute Gasteiger partial charge is 0.339 e. The van der Waals surface area contributed by atoms with E-state index in [-0.39, 0.29) is 11.8 Å². The Morgan fingerprint density at radius 1 is 1.00 bits per heavy atom. The summed E-state index contributed by atoms with van der Waals surface area (Å²) in [5, 5.41) is 6.24. The van der Waals surface area contributed by atoms with Crippen molar-refractivity contribution in [1.29, 1.82) is 0 Å². The van der Waals surface area contributed by atoms with Gasteiger partial charge < -0.3 is 15.5 Å². The number of anilines is 1. The average molecular weight is 398 g/mol. The third kappa shape index (κ3) is 5.59. The molecule has 1 saturated heterocycles. The van der Waals surface area contributed by atoms with Crippen molar-refractivity contribution in [1.82, 2.24) is 10.2 Å². The number of likely N-dealkylation sites (tertiary alicyclic amines) is 1. The van der Waals surface area contributed by atoms with Gasteiger partial charge in [0, 0.05) is 49.2 Å². The molecule has 148 valence electrons. The number of carbonyl (C=O) groups is 2. The molecule has 6 heteroatoms. The number of nitrogens with zero attached hydrogens (tertiary/aromatic N) is 1. The van der Waals surface area contributed by atoms with Crippen LogP contribution in [0.3, 0.4) is 0 Å². The number of carbonyl (C=O) groups excluding carboxylic acids is 2. The summed E-state index contributed by atoms with van der Waals surface area (Å²) in [6.07, 6.45) is 4.18. The minimum absolute atomic E-state index is 0.0404. The molecule has 0 spiro atoms. The summed E-state index contributed by atoms with van der Waals surface area (Å²) >= 11 is 1.73. The SMILES string of the molecule is CSc1ccc(CNCc2cc(NC(C)=O)cc(C(=O)N3CCCC3)c2)cc1. The smallest absolute Gasteiger partial charge is 0.253 e. The van der Waals surface area contributed by atoms with Gasteiger partial charge in [-0.25, -0.2) is 0 Å². The molecule has 3 rings (SSSR count). The third-order valence-electron chi connectivity index (χ3n) is 4.77. The van der Waals surface area contributed by atoms with Gasteiger partial charge in [-0.1, -0.05) is 12.1 Å². The van der Waals surface area contributed by atoms with E-state index in [0.717, 1.165) is 38.0 Å². The molecule has 0 radical (unpaired) electrons. The van der Waals surface area contributed by atoms with Crippen LogP contribution >= 0.6 is 11.8 Å². The molecule has 0 atom stereocenters.